The first-order valence-corrected chi connectivity index (χ1v) is 8.79. The third-order valence-electron chi connectivity index (χ3n) is 3.41. The molecule has 0 bridgehead atoms. The van der Waals surface area contributed by atoms with E-state index in [1.807, 2.05) is 24.3 Å². The number of hydrogen-bond acceptors (Lipinski definition) is 3. The lowest BCUT2D eigenvalue weighted by Crippen LogP contribution is -1.96. The summed E-state index contributed by atoms with van der Waals surface area (Å²) in [5, 5.41) is 9.28. The van der Waals surface area contributed by atoms with E-state index >= 15 is 0 Å². The number of benzene rings is 2. The first-order valence-electron chi connectivity index (χ1n) is 7.97. The van der Waals surface area contributed by atoms with Gasteiger partial charge in [0.15, 0.2) is 0 Å². The van der Waals surface area contributed by atoms with Gasteiger partial charge in [-0.25, -0.2) is 0 Å². The van der Waals surface area contributed by atoms with Crippen LogP contribution >= 0.6 is 11.8 Å². The molecule has 2 aromatic rings. The van der Waals surface area contributed by atoms with Gasteiger partial charge in [-0.2, -0.15) is 0 Å². The highest BCUT2D eigenvalue weighted by Gasteiger charge is 1.99. The minimum Gasteiger partial charge on any atom is -0.508 e. The van der Waals surface area contributed by atoms with Gasteiger partial charge in [-0.1, -0.05) is 44.4 Å². The first-order chi connectivity index (χ1) is 10.8. The molecule has 0 unspecified atom stereocenters. The quantitative estimate of drug-likeness (QED) is 0.585. The highest BCUT2D eigenvalue weighted by atomic mass is 32.2. The van der Waals surface area contributed by atoms with E-state index in [1.54, 1.807) is 23.9 Å². The van der Waals surface area contributed by atoms with Crippen LogP contribution in [0.2, 0.25) is 0 Å². The Morgan fingerprint density at radius 1 is 0.818 bits per heavy atom. The Labute approximate surface area is 137 Å². The van der Waals surface area contributed by atoms with Gasteiger partial charge in [0, 0.05) is 9.79 Å². The predicted octanol–water partition coefficient (Wildman–Crippen LogP) is 5.89. The Balaban J connectivity index is 1.74. The van der Waals surface area contributed by atoms with Crippen LogP contribution in [0.4, 0.5) is 0 Å². The summed E-state index contributed by atoms with van der Waals surface area (Å²) < 4.78 is 5.76. The molecule has 0 radical (unpaired) electrons. The van der Waals surface area contributed by atoms with Gasteiger partial charge in [0.2, 0.25) is 0 Å². The zero-order valence-electron chi connectivity index (χ0n) is 13.1. The molecule has 0 spiro atoms. The van der Waals surface area contributed by atoms with Crippen LogP contribution in [0.15, 0.2) is 58.3 Å². The van der Waals surface area contributed by atoms with Crippen molar-refractivity contribution in [1.29, 1.82) is 0 Å². The molecule has 0 saturated heterocycles. The van der Waals surface area contributed by atoms with Crippen LogP contribution in [-0.4, -0.2) is 11.7 Å². The fraction of sp³-hybridized carbons (Fsp3) is 0.368. The van der Waals surface area contributed by atoms with Gasteiger partial charge in [-0.05, 0) is 55.0 Å². The number of unbranched alkanes of at least 4 members (excludes halogenated alkanes) is 4. The third kappa shape index (κ3) is 6.02. The minimum atomic E-state index is 0.298. The standard InChI is InChI=1S/C19H24O2S/c1-2-3-4-5-6-15-21-17-9-13-19(14-10-17)22-18-11-7-16(20)8-12-18/h7-14,20H,2-6,15H2,1H3. The van der Waals surface area contributed by atoms with Crippen molar-refractivity contribution in [3.8, 4) is 11.5 Å². The normalized spacial score (nSPS) is 10.6. The summed E-state index contributed by atoms with van der Waals surface area (Å²) in [4.78, 5) is 2.28. The second kappa shape index (κ2) is 9.42. The van der Waals surface area contributed by atoms with E-state index < -0.39 is 0 Å². The van der Waals surface area contributed by atoms with Gasteiger partial charge in [0.25, 0.3) is 0 Å². The zero-order chi connectivity index (χ0) is 15.6. The van der Waals surface area contributed by atoms with Crippen LogP contribution in [-0.2, 0) is 0 Å². The molecule has 2 aromatic carbocycles. The monoisotopic (exact) mass is 316 g/mol. The largest absolute Gasteiger partial charge is 0.508 e. The van der Waals surface area contributed by atoms with E-state index in [4.69, 9.17) is 4.74 Å². The lowest BCUT2D eigenvalue weighted by molar-refractivity contribution is 0.304. The molecule has 0 fully saturated rings. The summed E-state index contributed by atoms with van der Waals surface area (Å²) in [6.07, 6.45) is 6.29. The number of phenols is 1. The van der Waals surface area contributed by atoms with Gasteiger partial charge >= 0.3 is 0 Å². The van der Waals surface area contributed by atoms with Crippen LogP contribution < -0.4 is 4.74 Å². The van der Waals surface area contributed by atoms with Crippen molar-refractivity contribution in [3.63, 3.8) is 0 Å². The van der Waals surface area contributed by atoms with E-state index in [0.29, 0.717) is 5.75 Å². The maximum absolute atomic E-state index is 9.28. The molecule has 0 aliphatic carbocycles. The topological polar surface area (TPSA) is 29.5 Å². The Bertz CT molecular complexity index is 534. The van der Waals surface area contributed by atoms with Crippen molar-refractivity contribution in [2.75, 3.05) is 6.61 Å². The van der Waals surface area contributed by atoms with E-state index in [-0.39, 0.29) is 0 Å². The minimum absolute atomic E-state index is 0.298. The van der Waals surface area contributed by atoms with E-state index in [9.17, 15) is 5.11 Å². The molecule has 118 valence electrons. The fourth-order valence-corrected chi connectivity index (χ4v) is 2.97. The number of rotatable bonds is 9. The number of ether oxygens (including phenoxy) is 1. The van der Waals surface area contributed by atoms with Crippen molar-refractivity contribution < 1.29 is 9.84 Å². The van der Waals surface area contributed by atoms with E-state index in [1.165, 1.54) is 30.6 Å². The lowest BCUT2D eigenvalue weighted by atomic mass is 10.2. The molecule has 0 saturated carbocycles. The van der Waals surface area contributed by atoms with E-state index in [2.05, 4.69) is 19.1 Å². The van der Waals surface area contributed by atoms with Gasteiger partial charge in [-0.15, -0.1) is 0 Å². The molecule has 22 heavy (non-hydrogen) atoms. The summed E-state index contributed by atoms with van der Waals surface area (Å²) in [5.74, 6) is 1.23. The highest BCUT2D eigenvalue weighted by Crippen LogP contribution is 2.29. The summed E-state index contributed by atoms with van der Waals surface area (Å²) in [5.41, 5.74) is 0. The molecule has 0 aliphatic rings. The molecular formula is C19H24O2S. The molecule has 2 rings (SSSR count). The molecule has 0 amide bonds. The second-order valence-electron chi connectivity index (χ2n) is 5.33. The zero-order valence-corrected chi connectivity index (χ0v) is 13.9. The Morgan fingerprint density at radius 2 is 1.41 bits per heavy atom. The lowest BCUT2D eigenvalue weighted by Gasteiger charge is -2.07. The molecule has 0 heterocycles. The SMILES string of the molecule is CCCCCCCOc1ccc(Sc2ccc(O)cc2)cc1. The average Bonchev–Trinajstić information content (AvgIpc) is 2.54. The van der Waals surface area contributed by atoms with Crippen molar-refractivity contribution in [3.05, 3.63) is 48.5 Å². The summed E-state index contributed by atoms with van der Waals surface area (Å²) in [7, 11) is 0. The predicted molar refractivity (Wildman–Crippen MR) is 92.9 cm³/mol. The Morgan fingerprint density at radius 3 is 2.05 bits per heavy atom. The molecule has 3 heteroatoms. The van der Waals surface area contributed by atoms with Crippen molar-refractivity contribution in [2.24, 2.45) is 0 Å². The van der Waals surface area contributed by atoms with Gasteiger partial charge in [-0.3, -0.25) is 0 Å². The van der Waals surface area contributed by atoms with Crippen molar-refractivity contribution in [2.45, 2.75) is 48.8 Å². The van der Waals surface area contributed by atoms with Gasteiger partial charge in [0.1, 0.15) is 11.5 Å². The molecule has 0 aliphatic heterocycles. The highest BCUT2D eigenvalue weighted by molar-refractivity contribution is 7.99. The molecule has 2 nitrogen and oxygen atoms in total. The van der Waals surface area contributed by atoms with Crippen LogP contribution in [0.25, 0.3) is 0 Å². The average molecular weight is 316 g/mol. The summed E-state index contributed by atoms with van der Waals surface area (Å²) in [6, 6.07) is 15.4. The Hall–Kier alpha value is -1.61. The van der Waals surface area contributed by atoms with Crippen LogP contribution in [0.5, 0.6) is 11.5 Å². The molecular weight excluding hydrogens is 292 g/mol. The second-order valence-corrected chi connectivity index (χ2v) is 6.48. The van der Waals surface area contributed by atoms with Crippen molar-refractivity contribution in [1.82, 2.24) is 0 Å². The maximum Gasteiger partial charge on any atom is 0.119 e. The maximum atomic E-state index is 9.28. The molecule has 1 N–H and O–H groups in total. The smallest absolute Gasteiger partial charge is 0.119 e. The number of hydrogen-bond donors (Lipinski definition) is 1. The van der Waals surface area contributed by atoms with Gasteiger partial charge < -0.3 is 9.84 Å². The van der Waals surface area contributed by atoms with Crippen molar-refractivity contribution >= 4 is 11.8 Å². The third-order valence-corrected chi connectivity index (χ3v) is 4.43. The molecule has 0 aromatic heterocycles. The Kier molecular flexibility index (Phi) is 7.17. The number of aromatic hydroxyl groups is 1. The first kappa shape index (κ1) is 16.8. The summed E-state index contributed by atoms with van der Waals surface area (Å²) in [6.45, 7) is 3.03. The van der Waals surface area contributed by atoms with Crippen LogP contribution in [0.1, 0.15) is 39.0 Å². The fourth-order valence-electron chi connectivity index (χ4n) is 2.15. The summed E-state index contributed by atoms with van der Waals surface area (Å²) >= 11 is 1.68. The molecule has 0 atom stereocenters. The van der Waals surface area contributed by atoms with E-state index in [0.717, 1.165) is 23.7 Å². The van der Waals surface area contributed by atoms with Crippen LogP contribution in [0.3, 0.4) is 0 Å². The van der Waals surface area contributed by atoms with Crippen LogP contribution in [0, 0.1) is 0 Å². The van der Waals surface area contributed by atoms with Gasteiger partial charge in [0.05, 0.1) is 6.61 Å². The number of phenolic OH excluding ortho intramolecular Hbond substituents is 1.